The molecule has 0 aliphatic carbocycles. The summed E-state index contributed by atoms with van der Waals surface area (Å²) in [5.74, 6) is -4.81. The monoisotopic (exact) mass is 798 g/mol. The van der Waals surface area contributed by atoms with Gasteiger partial charge in [-0.1, -0.05) is 30.3 Å². The molecule has 0 saturated carbocycles. The Morgan fingerprint density at radius 2 is 1.68 bits per heavy atom. The van der Waals surface area contributed by atoms with Gasteiger partial charge >= 0.3 is 5.97 Å². The predicted octanol–water partition coefficient (Wildman–Crippen LogP) is 5.53. The summed E-state index contributed by atoms with van der Waals surface area (Å²) in [4.78, 5) is 32.5. The molecule has 4 aromatic heterocycles. The van der Waals surface area contributed by atoms with Gasteiger partial charge in [-0.15, -0.1) is 46.2 Å². The lowest BCUT2D eigenvalue weighted by molar-refractivity contribution is -0.282. The fourth-order valence-corrected chi connectivity index (χ4v) is 10.4. The normalized spacial score (nSPS) is 27.9. The maximum atomic E-state index is 13.3. The third-order valence-electron chi connectivity index (χ3n) is 9.40. The first-order valence-corrected chi connectivity index (χ1v) is 21.2. The second-order valence-electron chi connectivity index (χ2n) is 13.5. The quantitative estimate of drug-likeness (QED) is 0.0919. The number of aromatic nitrogens is 4. The second kappa shape index (κ2) is 14.7. The minimum Gasteiger partial charge on any atom is -0.462 e. The number of ether oxygens (including phenoxy) is 6. The van der Waals surface area contributed by atoms with E-state index in [1.165, 1.54) is 52.5 Å². The van der Waals surface area contributed by atoms with Crippen LogP contribution in [0.15, 0.2) is 57.5 Å². The second-order valence-corrected chi connectivity index (χ2v) is 16.8. The van der Waals surface area contributed by atoms with Crippen LogP contribution in [0.4, 0.5) is 0 Å². The average Bonchev–Trinajstić information content (AvgIpc) is 3.97. The molecule has 3 fully saturated rings. The Balaban J connectivity index is 0.960. The van der Waals surface area contributed by atoms with Gasteiger partial charge in [0.25, 0.3) is 0 Å². The number of hydrogen-bond acceptors (Lipinski definition) is 17. The summed E-state index contributed by atoms with van der Waals surface area (Å²) < 4.78 is 36.4. The first-order chi connectivity index (χ1) is 25.5. The van der Waals surface area contributed by atoms with Crippen LogP contribution >= 0.6 is 46.2 Å². The van der Waals surface area contributed by atoms with E-state index in [1.54, 1.807) is 13.8 Å². The number of hydrogen-bond donors (Lipinski definition) is 2. The number of nitrogens with zero attached hydrogens (tertiary/aromatic N) is 4. The molecule has 0 bridgehead atoms. The lowest BCUT2D eigenvalue weighted by Crippen LogP contribution is -2.40. The van der Waals surface area contributed by atoms with Crippen LogP contribution in [0, 0.1) is 0 Å². The number of carbonyl (C=O) groups is 1. The summed E-state index contributed by atoms with van der Waals surface area (Å²) in [6.45, 7) is 4.12. The molecule has 3 saturated heterocycles. The largest absolute Gasteiger partial charge is 0.462 e. The van der Waals surface area contributed by atoms with Gasteiger partial charge in [-0.3, -0.25) is 4.79 Å². The third kappa shape index (κ3) is 7.10. The smallest absolute Gasteiger partial charge is 0.313 e. The van der Waals surface area contributed by atoms with Gasteiger partial charge < -0.3 is 38.6 Å². The van der Waals surface area contributed by atoms with Crippen molar-refractivity contribution in [3.63, 3.8) is 0 Å². The third-order valence-corrected chi connectivity index (χ3v) is 13.0. The molecule has 0 radical (unpaired) electrons. The summed E-state index contributed by atoms with van der Waals surface area (Å²) in [6.07, 6.45) is 3.28. The zero-order valence-corrected chi connectivity index (χ0v) is 32.6. The van der Waals surface area contributed by atoms with E-state index in [0.717, 1.165) is 21.4 Å². The fraction of sp³-hybridized carbons (Fsp3) is 0.472. The van der Waals surface area contributed by atoms with E-state index in [-0.39, 0.29) is 25.0 Å². The van der Waals surface area contributed by atoms with E-state index in [4.69, 9.17) is 33.4 Å². The van der Waals surface area contributed by atoms with E-state index in [0.29, 0.717) is 51.9 Å². The van der Waals surface area contributed by atoms with Crippen molar-refractivity contribution in [3.8, 4) is 0 Å². The van der Waals surface area contributed by atoms with E-state index in [9.17, 15) is 15.0 Å². The maximum absolute atomic E-state index is 13.3. The lowest BCUT2D eigenvalue weighted by Gasteiger charge is -2.29. The van der Waals surface area contributed by atoms with Crippen LogP contribution in [0.1, 0.15) is 47.8 Å². The Hall–Kier alpha value is -2.81. The molecule has 6 atom stereocenters. The molecular weight excluding hydrogens is 761 g/mol. The average molecular weight is 799 g/mol. The van der Waals surface area contributed by atoms with E-state index in [2.05, 4.69) is 15.0 Å². The predicted molar refractivity (Wildman–Crippen MR) is 200 cm³/mol. The molecule has 17 heteroatoms. The highest BCUT2D eigenvalue weighted by molar-refractivity contribution is 7.99. The van der Waals surface area contributed by atoms with E-state index in [1.807, 2.05) is 53.6 Å². The van der Waals surface area contributed by atoms with Crippen molar-refractivity contribution in [2.75, 3.05) is 25.7 Å². The number of rotatable bonds is 12. The Morgan fingerprint density at radius 3 is 2.45 bits per heavy atom. The standard InChI is InChI=1S/C36H38N4O9S4/c1-34(2)48-28-23(47-36(43,29(28)49-34)31-26-21(16-53-31)32(50-3)38-18-37-26)15-45-25(41)12-24-39-27-22(33(40-24)51-4)17-52-30(27)35(42)11-10-20(46-35)14-44-13-19-8-6-5-7-9-19/h5-9,16-18,20,23,28-29,42-43H,10-15H2,1-4H3/t20-,23+,28+,29+,35?,36?/m0/s1. The molecule has 1 aromatic carbocycles. The highest BCUT2D eigenvalue weighted by Gasteiger charge is 2.64. The Morgan fingerprint density at radius 1 is 0.925 bits per heavy atom. The molecule has 7 heterocycles. The van der Waals surface area contributed by atoms with Crippen LogP contribution < -0.4 is 0 Å². The number of thiophene rings is 2. The van der Waals surface area contributed by atoms with Gasteiger partial charge in [0, 0.05) is 28.0 Å². The molecule has 5 aromatic rings. The van der Waals surface area contributed by atoms with Crippen molar-refractivity contribution in [2.45, 2.75) is 91.5 Å². The summed E-state index contributed by atoms with van der Waals surface area (Å²) in [5.41, 5.74) is 2.16. The Kier molecular flexibility index (Phi) is 10.3. The molecule has 0 spiro atoms. The van der Waals surface area contributed by atoms with Crippen molar-refractivity contribution in [1.82, 2.24) is 19.9 Å². The van der Waals surface area contributed by atoms with Gasteiger partial charge in [0.2, 0.25) is 11.6 Å². The number of esters is 1. The first-order valence-electron chi connectivity index (χ1n) is 17.0. The topological polar surface area (TPSA) is 164 Å². The number of fused-ring (bicyclic) bond motifs is 3. The summed E-state index contributed by atoms with van der Waals surface area (Å²) in [5, 5.41) is 30.6. The maximum Gasteiger partial charge on any atom is 0.313 e. The van der Waals surface area contributed by atoms with E-state index < -0.39 is 41.6 Å². The van der Waals surface area contributed by atoms with Crippen LogP contribution in [-0.4, -0.2) is 92.0 Å². The molecule has 0 amide bonds. The molecule has 53 heavy (non-hydrogen) atoms. The molecule has 280 valence electrons. The molecule has 2 N–H and O–H groups in total. The lowest BCUT2D eigenvalue weighted by atomic mass is 10.0. The summed E-state index contributed by atoms with van der Waals surface area (Å²) >= 11 is 5.56. The van der Waals surface area contributed by atoms with Gasteiger partial charge in [0.05, 0.1) is 40.1 Å². The highest BCUT2D eigenvalue weighted by Crippen LogP contribution is 2.51. The van der Waals surface area contributed by atoms with Crippen molar-refractivity contribution >= 4 is 74.0 Å². The minimum absolute atomic E-state index is 0.210. The first kappa shape index (κ1) is 37.1. The van der Waals surface area contributed by atoms with Crippen LogP contribution in [0.5, 0.6) is 0 Å². The number of carbonyl (C=O) groups excluding carboxylic acids is 1. The summed E-state index contributed by atoms with van der Waals surface area (Å²) in [7, 11) is 0. The Labute approximate surface area is 321 Å². The Bertz CT molecular complexity index is 2130. The molecule has 2 unspecified atom stereocenters. The van der Waals surface area contributed by atoms with Gasteiger partial charge in [0.15, 0.2) is 5.79 Å². The van der Waals surface area contributed by atoms with Crippen LogP contribution in [0.3, 0.4) is 0 Å². The highest BCUT2D eigenvalue weighted by atomic mass is 32.2. The van der Waals surface area contributed by atoms with Crippen LogP contribution in [0.25, 0.3) is 21.8 Å². The molecule has 3 aliphatic heterocycles. The van der Waals surface area contributed by atoms with Crippen molar-refractivity contribution < 1.29 is 43.4 Å². The van der Waals surface area contributed by atoms with Gasteiger partial charge in [-0.25, -0.2) is 19.9 Å². The summed E-state index contributed by atoms with van der Waals surface area (Å²) in [6, 6.07) is 9.90. The van der Waals surface area contributed by atoms with Gasteiger partial charge in [-0.2, -0.15) is 0 Å². The zero-order valence-electron chi connectivity index (χ0n) is 29.3. The number of aliphatic hydroxyl groups is 2. The zero-order chi connectivity index (χ0) is 37.0. The fourth-order valence-electron chi connectivity index (χ4n) is 7.03. The molecule has 3 aliphatic rings. The number of benzene rings is 1. The molecular formula is C36H38N4O9S4. The number of thioether (sulfide) groups is 2. The van der Waals surface area contributed by atoms with Crippen molar-refractivity contribution in [2.24, 2.45) is 0 Å². The molecule has 13 nitrogen and oxygen atoms in total. The van der Waals surface area contributed by atoms with Crippen LogP contribution in [0.2, 0.25) is 0 Å². The van der Waals surface area contributed by atoms with Crippen LogP contribution in [-0.2, 0) is 57.8 Å². The minimum atomic E-state index is -1.90. The van der Waals surface area contributed by atoms with Gasteiger partial charge in [-0.05, 0) is 38.3 Å². The van der Waals surface area contributed by atoms with Gasteiger partial charge in [0.1, 0.15) is 53.5 Å². The van der Waals surface area contributed by atoms with E-state index >= 15 is 0 Å². The van der Waals surface area contributed by atoms with Crippen molar-refractivity contribution in [3.05, 3.63) is 68.6 Å². The SMILES string of the molecule is CSc1nc(CC(=O)OC[C@H]2OC(O)(c3scc4c(SC)ncnc34)[C@@H]3OC(C)(C)O[C@@H]32)nc2c(C3(O)CC[C@@H](COCc4ccccc4)O3)scc12. The van der Waals surface area contributed by atoms with Crippen molar-refractivity contribution in [1.29, 1.82) is 0 Å². The molecule has 8 rings (SSSR count).